The van der Waals surface area contributed by atoms with Gasteiger partial charge in [0.2, 0.25) is 0 Å². The van der Waals surface area contributed by atoms with Crippen LogP contribution in [-0.2, 0) is 29.4 Å². The number of hydrogen-bond acceptors (Lipinski definition) is 8. The van der Waals surface area contributed by atoms with Crippen molar-refractivity contribution in [3.05, 3.63) is 138 Å². The number of hydrogen-bond donors (Lipinski definition) is 3. The first-order valence-corrected chi connectivity index (χ1v) is 14.6. The van der Waals surface area contributed by atoms with Crippen molar-refractivity contribution in [2.45, 2.75) is 48.1 Å². The van der Waals surface area contributed by atoms with E-state index in [4.69, 9.17) is 13.7 Å². The molecule has 1 heterocycles. The van der Waals surface area contributed by atoms with Gasteiger partial charge in [-0.3, -0.25) is 4.18 Å². The molecule has 0 bridgehead atoms. The Kier molecular flexibility index (Phi) is 8.67. The van der Waals surface area contributed by atoms with E-state index in [1.165, 1.54) is 12.1 Å². The number of aliphatic hydroxyl groups excluding tert-OH is 3. The summed E-state index contributed by atoms with van der Waals surface area (Å²) in [6.45, 7) is 1.55. The molecule has 0 aliphatic carbocycles. The van der Waals surface area contributed by atoms with E-state index in [9.17, 15) is 23.7 Å². The van der Waals surface area contributed by atoms with Gasteiger partial charge in [0.1, 0.15) is 23.9 Å². The van der Waals surface area contributed by atoms with E-state index in [0.717, 1.165) is 22.3 Å². The first kappa shape index (κ1) is 29.1. The quantitative estimate of drug-likeness (QED) is 0.204. The maximum absolute atomic E-state index is 12.8. The Hall–Kier alpha value is -3.41. The summed E-state index contributed by atoms with van der Waals surface area (Å²) in [5.74, 6) is 0. The van der Waals surface area contributed by atoms with Crippen LogP contribution in [-0.4, -0.2) is 61.1 Å². The number of benzene rings is 4. The Labute approximate surface area is 239 Å². The van der Waals surface area contributed by atoms with Crippen LogP contribution in [0.3, 0.4) is 0 Å². The third kappa shape index (κ3) is 5.98. The van der Waals surface area contributed by atoms with Gasteiger partial charge in [0.05, 0.1) is 11.5 Å². The fraction of sp³-hybridized carbons (Fsp3) is 0.250. The fourth-order valence-electron chi connectivity index (χ4n) is 5.04. The van der Waals surface area contributed by atoms with Gasteiger partial charge in [-0.1, -0.05) is 109 Å². The normalized spacial score (nSPS) is 23.3. The van der Waals surface area contributed by atoms with Gasteiger partial charge >= 0.3 is 0 Å². The minimum Gasteiger partial charge on any atom is -0.387 e. The number of aliphatic hydroxyl groups is 3. The Morgan fingerprint density at radius 2 is 1.17 bits per heavy atom. The molecule has 0 amide bonds. The van der Waals surface area contributed by atoms with Gasteiger partial charge < -0.3 is 24.8 Å². The molecule has 1 fully saturated rings. The molecule has 0 radical (unpaired) electrons. The first-order valence-electron chi connectivity index (χ1n) is 13.2. The lowest BCUT2D eigenvalue weighted by Crippen LogP contribution is -2.60. The molecule has 8 nitrogen and oxygen atoms in total. The lowest BCUT2D eigenvalue weighted by Gasteiger charge is -2.42. The van der Waals surface area contributed by atoms with Crippen LogP contribution in [0.25, 0.3) is 0 Å². The molecule has 0 saturated carbocycles. The smallest absolute Gasteiger partial charge is 0.297 e. The molecular weight excluding hydrogens is 544 g/mol. The Bertz CT molecular complexity index is 1420. The summed E-state index contributed by atoms with van der Waals surface area (Å²) in [5, 5.41) is 32.6. The van der Waals surface area contributed by atoms with Crippen LogP contribution in [0, 0.1) is 6.92 Å². The second kappa shape index (κ2) is 12.2. The highest BCUT2D eigenvalue weighted by atomic mass is 32.2. The molecule has 1 aliphatic heterocycles. The van der Waals surface area contributed by atoms with Crippen molar-refractivity contribution in [3.63, 3.8) is 0 Å². The third-order valence-corrected chi connectivity index (χ3v) is 8.54. The molecule has 0 spiro atoms. The van der Waals surface area contributed by atoms with E-state index in [2.05, 4.69) is 0 Å². The van der Waals surface area contributed by atoms with Crippen molar-refractivity contribution in [2.24, 2.45) is 0 Å². The monoisotopic (exact) mass is 576 g/mol. The minimum atomic E-state index is -4.37. The molecule has 5 atom stereocenters. The second-order valence-electron chi connectivity index (χ2n) is 9.96. The van der Waals surface area contributed by atoms with Crippen LogP contribution in [0.2, 0.25) is 0 Å². The molecule has 0 aromatic heterocycles. The molecule has 214 valence electrons. The van der Waals surface area contributed by atoms with E-state index in [1.807, 2.05) is 91.0 Å². The van der Waals surface area contributed by atoms with Crippen LogP contribution in [0.4, 0.5) is 0 Å². The lowest BCUT2D eigenvalue weighted by atomic mass is 9.80. The molecule has 9 heteroatoms. The predicted molar refractivity (Wildman–Crippen MR) is 151 cm³/mol. The maximum atomic E-state index is 12.8. The van der Waals surface area contributed by atoms with Crippen LogP contribution < -0.4 is 0 Å². The van der Waals surface area contributed by atoms with Crippen LogP contribution in [0.5, 0.6) is 0 Å². The second-order valence-corrected chi connectivity index (χ2v) is 11.5. The topological polar surface area (TPSA) is 123 Å². The Morgan fingerprint density at radius 1 is 0.707 bits per heavy atom. The van der Waals surface area contributed by atoms with Crippen LogP contribution >= 0.6 is 0 Å². The van der Waals surface area contributed by atoms with E-state index < -0.39 is 46.4 Å². The van der Waals surface area contributed by atoms with Crippen LogP contribution in [0.15, 0.2) is 120 Å². The number of rotatable bonds is 9. The minimum absolute atomic E-state index is 0.152. The fourth-order valence-corrected chi connectivity index (χ4v) is 6.13. The third-order valence-electron chi connectivity index (χ3n) is 7.22. The van der Waals surface area contributed by atoms with Gasteiger partial charge in [0.15, 0.2) is 12.4 Å². The summed E-state index contributed by atoms with van der Waals surface area (Å²) < 4.78 is 43.0. The first-order chi connectivity index (χ1) is 19.7. The van der Waals surface area contributed by atoms with Crippen molar-refractivity contribution < 1.29 is 37.4 Å². The van der Waals surface area contributed by atoms with E-state index in [1.54, 1.807) is 19.1 Å². The number of aryl methyl sites for hydroxylation is 1. The zero-order valence-electron chi connectivity index (χ0n) is 22.4. The van der Waals surface area contributed by atoms with Crippen molar-refractivity contribution in [3.8, 4) is 0 Å². The highest BCUT2D eigenvalue weighted by molar-refractivity contribution is 7.86. The van der Waals surface area contributed by atoms with Crippen molar-refractivity contribution in [1.82, 2.24) is 0 Å². The van der Waals surface area contributed by atoms with Crippen molar-refractivity contribution in [2.75, 3.05) is 6.61 Å². The highest BCUT2D eigenvalue weighted by Gasteiger charge is 2.48. The summed E-state index contributed by atoms with van der Waals surface area (Å²) in [7, 11) is -4.37. The van der Waals surface area contributed by atoms with Gasteiger partial charge in [0, 0.05) is 0 Å². The van der Waals surface area contributed by atoms with Gasteiger partial charge in [-0.2, -0.15) is 8.42 Å². The summed E-state index contributed by atoms with van der Waals surface area (Å²) >= 11 is 0. The van der Waals surface area contributed by atoms with E-state index >= 15 is 0 Å². The van der Waals surface area contributed by atoms with Gasteiger partial charge in [-0.25, -0.2) is 0 Å². The molecule has 41 heavy (non-hydrogen) atoms. The van der Waals surface area contributed by atoms with E-state index in [0.29, 0.717) is 0 Å². The molecule has 5 rings (SSSR count). The van der Waals surface area contributed by atoms with Crippen molar-refractivity contribution in [1.29, 1.82) is 0 Å². The van der Waals surface area contributed by atoms with Gasteiger partial charge in [0.25, 0.3) is 10.1 Å². The molecular formula is C32H32O8S. The predicted octanol–water partition coefficient (Wildman–Crippen LogP) is 3.52. The largest absolute Gasteiger partial charge is 0.387 e. The standard InChI is InChI=1S/C32H32O8S/c1-22-17-19-26(20-18-22)41(36,37)40-30-29(34)28(33)27(39-31(30)35)21-38-32(23-11-5-2-6-12-23,24-13-7-3-8-14-24)25-15-9-4-10-16-25/h2-20,27-31,33-35H,21H2,1H3/t27-,28-,29+,30+,31+/m1/s1. The maximum Gasteiger partial charge on any atom is 0.297 e. The summed E-state index contributed by atoms with van der Waals surface area (Å²) in [6, 6.07) is 34.6. The van der Waals surface area contributed by atoms with Crippen LogP contribution in [0.1, 0.15) is 22.3 Å². The van der Waals surface area contributed by atoms with Crippen molar-refractivity contribution >= 4 is 10.1 Å². The molecule has 0 unspecified atom stereocenters. The lowest BCUT2D eigenvalue weighted by molar-refractivity contribution is -0.285. The average Bonchev–Trinajstić information content (AvgIpc) is 3.00. The molecule has 4 aromatic carbocycles. The summed E-state index contributed by atoms with van der Waals surface area (Å²) in [4.78, 5) is -0.152. The Morgan fingerprint density at radius 3 is 1.63 bits per heavy atom. The summed E-state index contributed by atoms with van der Waals surface area (Å²) in [6.07, 6.45) is -8.24. The molecule has 1 saturated heterocycles. The van der Waals surface area contributed by atoms with Gasteiger partial charge in [-0.15, -0.1) is 0 Å². The zero-order chi connectivity index (χ0) is 29.0. The highest BCUT2D eigenvalue weighted by Crippen LogP contribution is 2.41. The molecule has 4 aromatic rings. The molecule has 1 aliphatic rings. The SMILES string of the molecule is Cc1ccc(S(=O)(=O)O[C@H]2[C@@H](O)[C@H](O)[C@@H](COC(c3ccccc3)(c3ccccc3)c3ccccc3)O[C@@H]2O)cc1. The van der Waals surface area contributed by atoms with E-state index in [-0.39, 0.29) is 11.5 Å². The zero-order valence-corrected chi connectivity index (χ0v) is 23.2. The molecule has 3 N–H and O–H groups in total. The summed E-state index contributed by atoms with van der Waals surface area (Å²) in [5.41, 5.74) is 2.16. The average molecular weight is 577 g/mol. The number of ether oxygens (including phenoxy) is 2. The Balaban J connectivity index is 1.42. The van der Waals surface area contributed by atoms with Gasteiger partial charge in [-0.05, 0) is 35.7 Å².